The van der Waals surface area contributed by atoms with Crippen LogP contribution in [0.25, 0.3) is 0 Å². The van der Waals surface area contributed by atoms with Gasteiger partial charge in [0.2, 0.25) is 10.3 Å². The van der Waals surface area contributed by atoms with Crippen LogP contribution in [0.3, 0.4) is 0 Å². The van der Waals surface area contributed by atoms with Crippen molar-refractivity contribution in [1.82, 2.24) is 10.8 Å². The number of hydrogen-bond acceptors (Lipinski definition) is 6. The van der Waals surface area contributed by atoms with Crippen molar-refractivity contribution in [1.29, 1.82) is 0 Å². The third-order valence-corrected chi connectivity index (χ3v) is 3.09. The minimum atomic E-state index is -0.357. The lowest BCUT2D eigenvalue weighted by Crippen LogP contribution is -2.45. The maximum absolute atomic E-state index is 12.0. The molecule has 0 rings (SSSR count). The summed E-state index contributed by atoms with van der Waals surface area (Å²) in [6.45, 7) is 5.38. The van der Waals surface area contributed by atoms with Crippen LogP contribution in [0.2, 0.25) is 0 Å². The van der Waals surface area contributed by atoms with Crippen molar-refractivity contribution in [3.63, 3.8) is 0 Å². The van der Waals surface area contributed by atoms with E-state index in [4.69, 9.17) is 9.57 Å². The number of hydrogen-bond donors (Lipinski definition) is 3. The fourth-order valence-corrected chi connectivity index (χ4v) is 1.88. The maximum atomic E-state index is 12.0. The number of rotatable bonds is 11. The normalized spacial score (nSPS) is 12.2. The second-order valence-corrected chi connectivity index (χ2v) is 6.63. The minimum Gasteiger partial charge on any atom is -0.477 e. The first kappa shape index (κ1) is 20.0. The van der Waals surface area contributed by atoms with Crippen molar-refractivity contribution >= 4 is 46.9 Å². The van der Waals surface area contributed by atoms with E-state index in [0.29, 0.717) is 32.1 Å². The van der Waals surface area contributed by atoms with E-state index in [1.54, 1.807) is 11.8 Å². The van der Waals surface area contributed by atoms with Crippen molar-refractivity contribution in [3.05, 3.63) is 0 Å². The SMILES string of the molecule is CSCCC(NOCC(C)C)C(=O)NCCOC(=S)S. The molecule has 1 amide bonds. The molecule has 8 heteroatoms. The molecule has 0 aliphatic heterocycles. The van der Waals surface area contributed by atoms with E-state index in [9.17, 15) is 4.79 Å². The number of thiocarbonyl (C=S) groups is 1. The highest BCUT2D eigenvalue weighted by atomic mass is 32.2. The van der Waals surface area contributed by atoms with Gasteiger partial charge in [0.05, 0.1) is 13.2 Å². The topological polar surface area (TPSA) is 59.6 Å². The lowest BCUT2D eigenvalue weighted by molar-refractivity contribution is -0.128. The molecule has 0 aromatic heterocycles. The summed E-state index contributed by atoms with van der Waals surface area (Å²) < 4.78 is 5.17. The molecule has 2 N–H and O–H groups in total. The van der Waals surface area contributed by atoms with Crippen LogP contribution in [-0.2, 0) is 14.4 Å². The number of thioether (sulfide) groups is 1. The summed E-state index contributed by atoms with van der Waals surface area (Å²) in [7, 11) is 0. The number of nitrogens with one attached hydrogen (secondary N) is 2. The van der Waals surface area contributed by atoms with Crippen LogP contribution in [-0.4, -0.2) is 48.1 Å². The van der Waals surface area contributed by atoms with E-state index >= 15 is 0 Å². The predicted molar refractivity (Wildman–Crippen MR) is 91.3 cm³/mol. The summed E-state index contributed by atoms with van der Waals surface area (Å²) in [6.07, 6.45) is 2.71. The van der Waals surface area contributed by atoms with Crippen LogP contribution in [0.5, 0.6) is 0 Å². The molecule has 0 spiro atoms. The van der Waals surface area contributed by atoms with Crippen LogP contribution in [0.4, 0.5) is 0 Å². The fraction of sp³-hybridized carbons (Fsp3) is 0.833. The first-order valence-corrected chi connectivity index (χ1v) is 8.72. The Hall–Kier alpha value is -0.0200. The van der Waals surface area contributed by atoms with E-state index in [1.165, 1.54) is 0 Å². The Kier molecular flexibility index (Phi) is 12.7. The van der Waals surface area contributed by atoms with Crippen molar-refractivity contribution in [2.24, 2.45) is 5.92 Å². The molecule has 0 aromatic rings. The maximum Gasteiger partial charge on any atom is 0.239 e. The van der Waals surface area contributed by atoms with Gasteiger partial charge in [-0.05, 0) is 36.6 Å². The van der Waals surface area contributed by atoms with Gasteiger partial charge in [-0.3, -0.25) is 4.79 Å². The second kappa shape index (κ2) is 12.7. The Morgan fingerprint density at radius 2 is 2.15 bits per heavy atom. The van der Waals surface area contributed by atoms with E-state index in [2.05, 4.69) is 49.5 Å². The van der Waals surface area contributed by atoms with Gasteiger partial charge in [0.25, 0.3) is 0 Å². The van der Waals surface area contributed by atoms with Gasteiger partial charge in [-0.1, -0.05) is 26.5 Å². The molecule has 0 saturated heterocycles. The third kappa shape index (κ3) is 11.8. The van der Waals surface area contributed by atoms with E-state index < -0.39 is 0 Å². The zero-order valence-corrected chi connectivity index (χ0v) is 14.7. The van der Waals surface area contributed by atoms with Crippen molar-refractivity contribution < 1.29 is 14.4 Å². The summed E-state index contributed by atoms with van der Waals surface area (Å²) in [5.41, 5.74) is 2.83. The van der Waals surface area contributed by atoms with Crippen LogP contribution in [0.1, 0.15) is 20.3 Å². The molecule has 0 aliphatic carbocycles. The van der Waals surface area contributed by atoms with Crippen LogP contribution < -0.4 is 10.8 Å². The minimum absolute atomic E-state index is 0.100. The predicted octanol–water partition coefficient (Wildman–Crippen LogP) is 1.63. The molecule has 1 atom stereocenters. The van der Waals surface area contributed by atoms with Gasteiger partial charge in [-0.25, -0.2) is 0 Å². The number of carbonyl (C=O) groups excluding carboxylic acids is 1. The number of amides is 1. The largest absolute Gasteiger partial charge is 0.477 e. The highest BCUT2D eigenvalue weighted by molar-refractivity contribution is 8.10. The highest BCUT2D eigenvalue weighted by Gasteiger charge is 2.17. The number of hydroxylamine groups is 1. The molecular formula is C12H24N2O3S3. The van der Waals surface area contributed by atoms with Gasteiger partial charge in [0, 0.05) is 0 Å². The molecular weight excluding hydrogens is 316 g/mol. The number of ether oxygens (including phenoxy) is 1. The first-order valence-electron chi connectivity index (χ1n) is 6.47. The molecule has 118 valence electrons. The van der Waals surface area contributed by atoms with Gasteiger partial charge in [-0.2, -0.15) is 17.2 Å². The summed E-state index contributed by atoms with van der Waals surface area (Å²) in [6, 6.07) is -0.357. The number of thiol groups is 1. The van der Waals surface area contributed by atoms with Gasteiger partial charge < -0.3 is 14.9 Å². The monoisotopic (exact) mass is 340 g/mol. The fourth-order valence-electron chi connectivity index (χ4n) is 1.23. The molecule has 0 aromatic carbocycles. The van der Waals surface area contributed by atoms with Gasteiger partial charge >= 0.3 is 0 Å². The molecule has 0 heterocycles. The molecule has 20 heavy (non-hydrogen) atoms. The number of carbonyl (C=O) groups is 1. The van der Waals surface area contributed by atoms with E-state index in [1.807, 2.05) is 6.26 Å². The quantitative estimate of drug-likeness (QED) is 0.230. The smallest absolute Gasteiger partial charge is 0.239 e. The van der Waals surface area contributed by atoms with Gasteiger partial charge in [0.15, 0.2) is 0 Å². The van der Waals surface area contributed by atoms with E-state index in [-0.39, 0.29) is 16.3 Å². The van der Waals surface area contributed by atoms with Crippen LogP contribution >= 0.6 is 36.6 Å². The van der Waals surface area contributed by atoms with Crippen molar-refractivity contribution in [2.75, 3.05) is 31.8 Å². The average Bonchev–Trinajstić information content (AvgIpc) is 2.37. The lowest BCUT2D eigenvalue weighted by atomic mass is 10.2. The van der Waals surface area contributed by atoms with E-state index in [0.717, 1.165) is 5.75 Å². The summed E-state index contributed by atoms with van der Waals surface area (Å²) in [5, 5.41) is 2.78. The molecule has 0 saturated carbocycles. The first-order chi connectivity index (χ1) is 9.47. The molecule has 0 fully saturated rings. The van der Waals surface area contributed by atoms with Crippen molar-refractivity contribution in [3.8, 4) is 0 Å². The Labute approximate surface area is 136 Å². The zero-order valence-electron chi connectivity index (χ0n) is 12.2. The Bertz CT molecular complexity index is 291. The second-order valence-electron chi connectivity index (χ2n) is 4.56. The molecule has 0 radical (unpaired) electrons. The molecule has 1 unspecified atom stereocenters. The Morgan fingerprint density at radius 1 is 1.45 bits per heavy atom. The summed E-state index contributed by atoms with van der Waals surface area (Å²) in [4.78, 5) is 17.3. The average molecular weight is 341 g/mol. The van der Waals surface area contributed by atoms with Crippen LogP contribution in [0.15, 0.2) is 0 Å². The molecule has 0 aliphatic rings. The summed E-state index contributed by atoms with van der Waals surface area (Å²) in [5.74, 6) is 1.20. The standard InChI is InChI=1S/C12H24N2O3S3/c1-9(2)8-17-14-10(4-7-20-3)11(15)13-5-6-16-12(18)19/h9-10,14H,4-8H2,1-3H3,(H,13,15)(H,18,19). The van der Waals surface area contributed by atoms with Gasteiger partial charge in [-0.15, -0.1) is 0 Å². The van der Waals surface area contributed by atoms with Gasteiger partial charge in [0.1, 0.15) is 12.6 Å². The lowest BCUT2D eigenvalue weighted by Gasteiger charge is -2.18. The molecule has 0 bridgehead atoms. The molecule has 5 nitrogen and oxygen atoms in total. The van der Waals surface area contributed by atoms with Crippen LogP contribution in [0, 0.1) is 5.92 Å². The Morgan fingerprint density at radius 3 is 2.70 bits per heavy atom. The summed E-state index contributed by atoms with van der Waals surface area (Å²) >= 11 is 10.2. The van der Waals surface area contributed by atoms with Crippen molar-refractivity contribution in [2.45, 2.75) is 26.3 Å². The third-order valence-electron chi connectivity index (χ3n) is 2.20. The zero-order chi connectivity index (χ0) is 15.4. The highest BCUT2D eigenvalue weighted by Crippen LogP contribution is 2.02. The Balaban J connectivity index is 4.02.